The fourth-order valence-electron chi connectivity index (χ4n) is 2.15. The van der Waals surface area contributed by atoms with E-state index in [9.17, 15) is 13.2 Å². The van der Waals surface area contributed by atoms with E-state index >= 15 is 0 Å². The number of hydrogen-bond donors (Lipinski definition) is 1. The van der Waals surface area contributed by atoms with Crippen molar-refractivity contribution >= 4 is 0 Å². The zero-order valence-electron chi connectivity index (χ0n) is 9.24. The molecule has 1 rings (SSSR count). The van der Waals surface area contributed by atoms with E-state index in [1.165, 1.54) is 25.7 Å². The highest BCUT2D eigenvalue weighted by Crippen LogP contribution is 2.29. The predicted octanol–water partition coefficient (Wildman–Crippen LogP) is 3.35. The molecule has 15 heavy (non-hydrogen) atoms. The van der Waals surface area contributed by atoms with E-state index in [1.807, 2.05) is 0 Å². The first kappa shape index (κ1) is 12.8. The first-order valence-electron chi connectivity index (χ1n) is 5.75. The molecule has 4 heteroatoms. The molecule has 0 amide bonds. The molecule has 0 aromatic heterocycles. The molecular weight excluding hydrogens is 203 g/mol. The van der Waals surface area contributed by atoms with Crippen LogP contribution in [0.25, 0.3) is 0 Å². The van der Waals surface area contributed by atoms with E-state index in [-0.39, 0.29) is 0 Å². The van der Waals surface area contributed by atoms with Gasteiger partial charge in [-0.3, -0.25) is 0 Å². The second kappa shape index (κ2) is 5.73. The van der Waals surface area contributed by atoms with E-state index in [1.54, 1.807) is 0 Å². The topological polar surface area (TPSA) is 12.0 Å². The highest BCUT2D eigenvalue weighted by atomic mass is 19.4. The summed E-state index contributed by atoms with van der Waals surface area (Å²) in [5.41, 5.74) is 0. The van der Waals surface area contributed by atoms with E-state index in [0.29, 0.717) is 12.5 Å². The third-order valence-electron chi connectivity index (χ3n) is 3.19. The lowest BCUT2D eigenvalue weighted by molar-refractivity contribution is -0.124. The quantitative estimate of drug-likeness (QED) is 0.721. The lowest BCUT2D eigenvalue weighted by atomic mass is 9.81. The van der Waals surface area contributed by atoms with Crippen LogP contribution in [-0.4, -0.2) is 19.3 Å². The molecule has 0 radical (unpaired) electrons. The number of alkyl halides is 3. The fraction of sp³-hybridized carbons (Fsp3) is 1.00. The van der Waals surface area contributed by atoms with Gasteiger partial charge >= 0.3 is 6.18 Å². The molecule has 0 unspecified atom stereocenters. The maximum absolute atomic E-state index is 11.8. The van der Waals surface area contributed by atoms with Crippen LogP contribution in [0.2, 0.25) is 0 Å². The minimum absolute atomic E-state index is 0.499. The van der Waals surface area contributed by atoms with Crippen molar-refractivity contribution in [3.8, 4) is 0 Å². The summed E-state index contributed by atoms with van der Waals surface area (Å²) in [5.74, 6) is 1.45. The van der Waals surface area contributed by atoms with Crippen molar-refractivity contribution in [3.05, 3.63) is 0 Å². The average molecular weight is 223 g/mol. The molecule has 0 spiro atoms. The highest BCUT2D eigenvalue weighted by Gasteiger charge is 2.26. The van der Waals surface area contributed by atoms with Crippen LogP contribution in [0.5, 0.6) is 0 Å². The minimum Gasteiger partial charge on any atom is -0.309 e. The normalized spacial score (nSPS) is 28.0. The van der Waals surface area contributed by atoms with Gasteiger partial charge in [0.15, 0.2) is 0 Å². The van der Waals surface area contributed by atoms with E-state index in [0.717, 1.165) is 12.3 Å². The smallest absolute Gasteiger partial charge is 0.309 e. The summed E-state index contributed by atoms with van der Waals surface area (Å²) in [7, 11) is 0. The second-order valence-electron chi connectivity index (χ2n) is 4.71. The molecule has 1 nitrogen and oxygen atoms in total. The molecule has 90 valence electrons. The summed E-state index contributed by atoms with van der Waals surface area (Å²) in [5, 5.41) is 2.46. The van der Waals surface area contributed by atoms with Crippen LogP contribution < -0.4 is 5.32 Å². The van der Waals surface area contributed by atoms with E-state index in [4.69, 9.17) is 0 Å². The standard InChI is InChI=1S/C11H20F3N/c1-9-2-4-10(5-3-9)6-7-15-8-11(12,13)14/h9-10,15H,2-8H2,1H3. The van der Waals surface area contributed by atoms with Crippen LogP contribution in [-0.2, 0) is 0 Å². The molecule has 0 atom stereocenters. The summed E-state index contributed by atoms with van der Waals surface area (Å²) < 4.78 is 35.4. The van der Waals surface area contributed by atoms with Gasteiger partial charge in [-0.15, -0.1) is 0 Å². The van der Waals surface area contributed by atoms with Crippen molar-refractivity contribution < 1.29 is 13.2 Å². The molecule has 1 aliphatic carbocycles. The van der Waals surface area contributed by atoms with Crippen molar-refractivity contribution in [3.63, 3.8) is 0 Å². The number of hydrogen-bond acceptors (Lipinski definition) is 1. The molecule has 1 aliphatic rings. The fourth-order valence-corrected chi connectivity index (χ4v) is 2.15. The maximum Gasteiger partial charge on any atom is 0.401 e. The Hall–Kier alpha value is -0.250. The molecule has 0 heterocycles. The Kier molecular flexibility index (Phi) is 4.90. The first-order chi connectivity index (χ1) is 6.97. The molecule has 0 aliphatic heterocycles. The zero-order valence-corrected chi connectivity index (χ0v) is 9.24. The summed E-state index contributed by atoms with van der Waals surface area (Å²) in [6.07, 6.45) is 1.68. The Labute approximate surface area is 89.4 Å². The molecule has 1 N–H and O–H groups in total. The maximum atomic E-state index is 11.8. The SMILES string of the molecule is CC1CCC(CCNCC(F)(F)F)CC1. The van der Waals surface area contributed by atoms with E-state index in [2.05, 4.69) is 12.2 Å². The Bertz CT molecular complexity index is 171. The van der Waals surface area contributed by atoms with Gasteiger partial charge < -0.3 is 5.32 Å². The number of rotatable bonds is 4. The summed E-state index contributed by atoms with van der Waals surface area (Å²) in [6.45, 7) is 1.90. The molecule has 0 saturated heterocycles. The van der Waals surface area contributed by atoms with E-state index < -0.39 is 12.7 Å². The molecule has 1 saturated carbocycles. The summed E-state index contributed by atoms with van der Waals surface area (Å²) in [4.78, 5) is 0. The van der Waals surface area contributed by atoms with Crippen molar-refractivity contribution in [1.29, 1.82) is 0 Å². The molecule has 0 aromatic carbocycles. The first-order valence-corrected chi connectivity index (χ1v) is 5.75. The predicted molar refractivity (Wildman–Crippen MR) is 54.7 cm³/mol. The Morgan fingerprint density at radius 3 is 2.27 bits per heavy atom. The van der Waals surface area contributed by atoms with Gasteiger partial charge in [-0.05, 0) is 24.8 Å². The van der Waals surface area contributed by atoms with Crippen molar-refractivity contribution in [2.24, 2.45) is 11.8 Å². The average Bonchev–Trinajstić information content (AvgIpc) is 2.14. The molecule has 0 bridgehead atoms. The molecule has 1 fully saturated rings. The van der Waals surface area contributed by atoms with Gasteiger partial charge in [0.05, 0.1) is 6.54 Å². The van der Waals surface area contributed by atoms with Gasteiger partial charge in [0, 0.05) is 0 Å². The molecular formula is C11H20F3N. The summed E-state index contributed by atoms with van der Waals surface area (Å²) in [6, 6.07) is 0. The lowest BCUT2D eigenvalue weighted by Crippen LogP contribution is -2.30. The van der Waals surface area contributed by atoms with Crippen LogP contribution in [0.15, 0.2) is 0 Å². The van der Waals surface area contributed by atoms with Crippen molar-refractivity contribution in [2.75, 3.05) is 13.1 Å². The Balaban J connectivity index is 2.01. The Morgan fingerprint density at radius 1 is 1.13 bits per heavy atom. The third-order valence-corrected chi connectivity index (χ3v) is 3.19. The van der Waals surface area contributed by atoms with Crippen molar-refractivity contribution in [1.82, 2.24) is 5.32 Å². The van der Waals surface area contributed by atoms with Crippen LogP contribution in [0.3, 0.4) is 0 Å². The van der Waals surface area contributed by atoms with Gasteiger partial charge in [-0.2, -0.15) is 13.2 Å². The van der Waals surface area contributed by atoms with Crippen molar-refractivity contribution in [2.45, 2.75) is 45.2 Å². The molecule has 0 aromatic rings. The van der Waals surface area contributed by atoms with Crippen LogP contribution in [0, 0.1) is 11.8 Å². The van der Waals surface area contributed by atoms with Gasteiger partial charge in [0.25, 0.3) is 0 Å². The van der Waals surface area contributed by atoms with Gasteiger partial charge in [-0.1, -0.05) is 32.6 Å². The largest absolute Gasteiger partial charge is 0.401 e. The lowest BCUT2D eigenvalue weighted by Gasteiger charge is -2.26. The van der Waals surface area contributed by atoms with Gasteiger partial charge in [0.2, 0.25) is 0 Å². The summed E-state index contributed by atoms with van der Waals surface area (Å²) >= 11 is 0. The number of halogens is 3. The number of nitrogens with one attached hydrogen (secondary N) is 1. The van der Waals surface area contributed by atoms with Crippen LogP contribution in [0.1, 0.15) is 39.0 Å². The minimum atomic E-state index is -4.07. The van der Waals surface area contributed by atoms with Gasteiger partial charge in [-0.25, -0.2) is 0 Å². The monoisotopic (exact) mass is 223 g/mol. The van der Waals surface area contributed by atoms with Gasteiger partial charge in [0.1, 0.15) is 0 Å². The highest BCUT2D eigenvalue weighted by molar-refractivity contribution is 4.71. The second-order valence-corrected chi connectivity index (χ2v) is 4.71. The van der Waals surface area contributed by atoms with Crippen LogP contribution >= 0.6 is 0 Å². The Morgan fingerprint density at radius 2 is 1.73 bits per heavy atom. The third kappa shape index (κ3) is 6.03. The zero-order chi connectivity index (χ0) is 11.3. The van der Waals surface area contributed by atoms with Crippen LogP contribution in [0.4, 0.5) is 13.2 Å².